The van der Waals surface area contributed by atoms with Gasteiger partial charge in [0.1, 0.15) is 29.1 Å². The van der Waals surface area contributed by atoms with E-state index in [1.54, 1.807) is 31.2 Å². The summed E-state index contributed by atoms with van der Waals surface area (Å²) in [5, 5.41) is 21.0. The van der Waals surface area contributed by atoms with Crippen LogP contribution in [0.5, 0.6) is 5.75 Å². The van der Waals surface area contributed by atoms with Crippen LogP contribution >= 0.6 is 34.5 Å². The number of nitriles is 1. The molecule has 15 heteroatoms. The van der Waals surface area contributed by atoms with Gasteiger partial charge in [-0.25, -0.2) is 22.5 Å². The van der Waals surface area contributed by atoms with E-state index >= 15 is 0 Å². The van der Waals surface area contributed by atoms with Crippen LogP contribution in [0, 0.1) is 18.3 Å². The predicted molar refractivity (Wildman–Crippen MR) is 164 cm³/mol. The Morgan fingerprint density at radius 2 is 1.95 bits per heavy atom. The Kier molecular flexibility index (Phi) is 8.17. The van der Waals surface area contributed by atoms with E-state index in [1.165, 1.54) is 47.6 Å². The molecule has 0 fully saturated rings. The lowest BCUT2D eigenvalue weighted by molar-refractivity contribution is 0.0699. The summed E-state index contributed by atoms with van der Waals surface area (Å²) in [5.41, 5.74) is 0.782. The van der Waals surface area contributed by atoms with E-state index in [4.69, 9.17) is 27.9 Å². The lowest BCUT2D eigenvalue weighted by atomic mass is 10.0. The molecule has 1 N–H and O–H groups in total. The molecular weight excluding hydrogens is 637 g/mol. The van der Waals surface area contributed by atoms with Crippen LogP contribution in [0.15, 0.2) is 51.6 Å². The first kappa shape index (κ1) is 30.4. The SMILES string of the molecule is Cc1nc2cc(Cl)c(S(=O)(=O)N(C)C)c(C#N)c2c(=O)n1CCOc1ccc(Cl)cc1-c1ccnc2c(C(=O)O)csc12. The Bertz CT molecular complexity index is 2170. The van der Waals surface area contributed by atoms with Crippen LogP contribution in [-0.2, 0) is 16.6 Å². The molecule has 5 aromatic rings. The fraction of sp³-hybridized carbons (Fsp3) is 0.179. The first-order chi connectivity index (χ1) is 20.4. The molecule has 0 bridgehead atoms. The number of halogens is 2. The standard InChI is InChI=1S/C28H21Cl2N5O6S2/c1-14-33-21-11-20(30)26(43(39,40)34(2)3)18(12-31)23(21)27(36)35(14)8-9-41-22-5-4-15(29)10-17(22)16-6-7-32-24-19(28(37)38)13-42-25(16)24/h4-7,10-11,13H,8-9H2,1-3H3,(H,37,38). The van der Waals surface area contributed by atoms with Gasteiger partial charge in [0.15, 0.2) is 0 Å². The van der Waals surface area contributed by atoms with Crippen molar-refractivity contribution in [1.82, 2.24) is 18.8 Å². The van der Waals surface area contributed by atoms with Crippen molar-refractivity contribution in [2.24, 2.45) is 0 Å². The summed E-state index contributed by atoms with van der Waals surface area (Å²) in [5.74, 6) is -0.363. The lowest BCUT2D eigenvalue weighted by Crippen LogP contribution is -2.29. The molecule has 0 aliphatic carbocycles. The van der Waals surface area contributed by atoms with Crippen LogP contribution in [-0.4, -0.2) is 59.0 Å². The molecule has 0 spiro atoms. The summed E-state index contributed by atoms with van der Waals surface area (Å²) < 4.78 is 34.9. The summed E-state index contributed by atoms with van der Waals surface area (Å²) in [6, 6.07) is 9.83. The molecule has 2 aromatic carbocycles. The Morgan fingerprint density at radius 1 is 1.21 bits per heavy atom. The number of carboxylic acid groups (broad SMARTS) is 1. The van der Waals surface area contributed by atoms with Gasteiger partial charge in [-0.1, -0.05) is 23.2 Å². The fourth-order valence-electron chi connectivity index (χ4n) is 4.63. The smallest absolute Gasteiger partial charge is 0.338 e. The normalized spacial score (nSPS) is 11.7. The summed E-state index contributed by atoms with van der Waals surface area (Å²) in [6.07, 6.45) is 1.51. The largest absolute Gasteiger partial charge is 0.491 e. The molecule has 0 radical (unpaired) electrons. The number of rotatable bonds is 8. The number of thiophene rings is 1. The molecule has 43 heavy (non-hydrogen) atoms. The number of sulfonamides is 1. The van der Waals surface area contributed by atoms with Gasteiger partial charge in [-0.15, -0.1) is 11.3 Å². The van der Waals surface area contributed by atoms with Crippen LogP contribution in [0.1, 0.15) is 21.7 Å². The third-order valence-electron chi connectivity index (χ3n) is 6.68. The molecule has 3 heterocycles. The summed E-state index contributed by atoms with van der Waals surface area (Å²) in [6.45, 7) is 1.59. The second-order valence-corrected chi connectivity index (χ2v) is 13.3. The summed E-state index contributed by atoms with van der Waals surface area (Å²) >= 11 is 13.8. The first-order valence-electron chi connectivity index (χ1n) is 12.4. The molecule has 0 saturated heterocycles. The number of benzene rings is 2. The van der Waals surface area contributed by atoms with Gasteiger partial charge in [0.2, 0.25) is 10.0 Å². The predicted octanol–water partition coefficient (Wildman–Crippen LogP) is 5.19. The van der Waals surface area contributed by atoms with Gasteiger partial charge in [0, 0.05) is 41.8 Å². The van der Waals surface area contributed by atoms with Gasteiger partial charge in [0.25, 0.3) is 5.56 Å². The number of fused-ring (bicyclic) bond motifs is 2. The van der Waals surface area contributed by atoms with Crippen molar-refractivity contribution in [2.75, 3.05) is 20.7 Å². The Morgan fingerprint density at radius 3 is 2.63 bits per heavy atom. The minimum Gasteiger partial charge on any atom is -0.491 e. The fourth-order valence-corrected chi connectivity index (χ4v) is 7.39. The minimum atomic E-state index is -4.16. The average molecular weight is 659 g/mol. The van der Waals surface area contributed by atoms with Gasteiger partial charge in [-0.05, 0) is 37.3 Å². The zero-order chi connectivity index (χ0) is 31.2. The van der Waals surface area contributed by atoms with Crippen molar-refractivity contribution in [3.05, 3.63) is 79.3 Å². The van der Waals surface area contributed by atoms with Crippen molar-refractivity contribution in [2.45, 2.75) is 18.4 Å². The summed E-state index contributed by atoms with van der Waals surface area (Å²) in [4.78, 5) is 33.5. The monoisotopic (exact) mass is 657 g/mol. The molecular formula is C28H21Cl2N5O6S2. The second-order valence-electron chi connectivity index (χ2n) is 9.45. The highest BCUT2D eigenvalue weighted by atomic mass is 35.5. The minimum absolute atomic E-state index is 0.00680. The van der Waals surface area contributed by atoms with E-state index < -0.39 is 26.4 Å². The average Bonchev–Trinajstić information content (AvgIpc) is 3.39. The number of hydrogen-bond acceptors (Lipinski definition) is 9. The van der Waals surface area contributed by atoms with Gasteiger partial charge in [0.05, 0.1) is 43.8 Å². The van der Waals surface area contributed by atoms with Crippen molar-refractivity contribution >= 4 is 71.7 Å². The highest BCUT2D eigenvalue weighted by Gasteiger charge is 2.29. The molecule has 0 atom stereocenters. The number of aromatic carboxylic acids is 1. The lowest BCUT2D eigenvalue weighted by Gasteiger charge is -2.17. The zero-order valence-corrected chi connectivity index (χ0v) is 25.9. The van der Waals surface area contributed by atoms with Gasteiger partial charge in [-0.2, -0.15) is 5.26 Å². The molecule has 0 aliphatic heterocycles. The number of aryl methyl sites for hydroxylation is 1. The second kappa shape index (κ2) is 11.6. The number of pyridine rings is 1. The molecule has 3 aromatic heterocycles. The maximum atomic E-state index is 13.7. The number of hydrogen-bond donors (Lipinski definition) is 1. The van der Waals surface area contributed by atoms with Crippen molar-refractivity contribution in [1.29, 1.82) is 5.26 Å². The van der Waals surface area contributed by atoms with E-state index in [0.29, 0.717) is 37.9 Å². The number of nitrogens with zero attached hydrogens (tertiary/aromatic N) is 5. The van der Waals surface area contributed by atoms with E-state index in [1.807, 2.05) is 6.07 Å². The first-order valence-corrected chi connectivity index (χ1v) is 15.5. The highest BCUT2D eigenvalue weighted by molar-refractivity contribution is 7.89. The molecule has 0 saturated carbocycles. The van der Waals surface area contributed by atoms with E-state index in [9.17, 15) is 28.4 Å². The molecule has 0 aliphatic rings. The Balaban J connectivity index is 1.54. The zero-order valence-electron chi connectivity index (χ0n) is 22.8. The van der Waals surface area contributed by atoms with E-state index in [2.05, 4.69) is 9.97 Å². The molecule has 11 nitrogen and oxygen atoms in total. The van der Waals surface area contributed by atoms with Crippen LogP contribution in [0.4, 0.5) is 0 Å². The summed E-state index contributed by atoms with van der Waals surface area (Å²) in [7, 11) is -1.56. The van der Waals surface area contributed by atoms with E-state index in [-0.39, 0.29) is 40.2 Å². The molecule has 220 valence electrons. The van der Waals surface area contributed by atoms with Crippen LogP contribution in [0.3, 0.4) is 0 Å². The third-order valence-corrected chi connectivity index (χ3v) is 10.2. The number of ether oxygens (including phenoxy) is 1. The molecule has 0 amide bonds. The van der Waals surface area contributed by atoms with Crippen molar-refractivity contribution in [3.8, 4) is 22.9 Å². The topological polar surface area (TPSA) is 155 Å². The Hall–Kier alpha value is -4.06. The highest BCUT2D eigenvalue weighted by Crippen LogP contribution is 2.39. The van der Waals surface area contributed by atoms with Gasteiger partial charge in [-0.3, -0.25) is 14.3 Å². The maximum absolute atomic E-state index is 13.7. The van der Waals surface area contributed by atoms with Gasteiger partial charge >= 0.3 is 5.97 Å². The molecule has 0 unspecified atom stereocenters. The van der Waals surface area contributed by atoms with Crippen molar-refractivity contribution < 1.29 is 23.1 Å². The quantitative estimate of drug-likeness (QED) is 0.237. The number of carbonyl (C=O) groups is 1. The number of aromatic nitrogens is 3. The van der Waals surface area contributed by atoms with Crippen LogP contribution in [0.25, 0.3) is 32.2 Å². The third kappa shape index (κ3) is 5.32. The Labute approximate surface area is 259 Å². The maximum Gasteiger partial charge on any atom is 0.338 e. The molecule has 5 rings (SSSR count). The van der Waals surface area contributed by atoms with Crippen LogP contribution < -0.4 is 10.3 Å². The van der Waals surface area contributed by atoms with E-state index in [0.717, 1.165) is 4.31 Å². The number of carboxylic acids is 1. The van der Waals surface area contributed by atoms with Crippen LogP contribution in [0.2, 0.25) is 10.0 Å². The van der Waals surface area contributed by atoms with Gasteiger partial charge < -0.3 is 9.84 Å². The van der Waals surface area contributed by atoms with Crippen molar-refractivity contribution in [3.63, 3.8) is 0 Å².